The number of hydrogen-bond donors (Lipinski definition) is 1. The van der Waals surface area contributed by atoms with E-state index in [1.807, 2.05) is 0 Å². The molecule has 4 atom stereocenters. The van der Waals surface area contributed by atoms with Gasteiger partial charge >= 0.3 is 0 Å². The van der Waals surface area contributed by atoms with Gasteiger partial charge in [-0.15, -0.1) is 0 Å². The minimum absolute atomic E-state index is 0.163. The van der Waals surface area contributed by atoms with Gasteiger partial charge in [0, 0.05) is 24.6 Å². The third-order valence-corrected chi connectivity index (χ3v) is 5.11. The van der Waals surface area contributed by atoms with Crippen molar-refractivity contribution in [2.75, 3.05) is 6.54 Å². The van der Waals surface area contributed by atoms with E-state index in [0.717, 1.165) is 36.1 Å². The number of fused-ring (bicyclic) bond motifs is 3. The van der Waals surface area contributed by atoms with Crippen molar-refractivity contribution in [1.29, 1.82) is 0 Å². The molecule has 1 aromatic carbocycles. The molecule has 3 heteroatoms. The molecule has 1 aliphatic heterocycles. The molecule has 4 unspecified atom stereocenters. The monoisotopic (exact) mass is 261 g/mol. The Bertz CT molecular complexity index is 490. The first kappa shape index (κ1) is 11.7. The van der Waals surface area contributed by atoms with Gasteiger partial charge in [0.1, 0.15) is 17.7 Å². The molecule has 2 bridgehead atoms. The van der Waals surface area contributed by atoms with Crippen LogP contribution in [0.2, 0.25) is 0 Å². The van der Waals surface area contributed by atoms with Crippen LogP contribution >= 0.6 is 0 Å². The molecule has 3 aliphatic rings. The van der Waals surface area contributed by atoms with Gasteiger partial charge in [-0.3, -0.25) is 0 Å². The first-order chi connectivity index (χ1) is 9.28. The molecule has 0 radical (unpaired) electrons. The van der Waals surface area contributed by atoms with E-state index in [1.165, 1.54) is 31.7 Å². The number of benzene rings is 1. The molecule has 1 N–H and O–H groups in total. The molecule has 2 nitrogen and oxygen atoms in total. The minimum Gasteiger partial charge on any atom is -0.488 e. The summed E-state index contributed by atoms with van der Waals surface area (Å²) in [5.41, 5.74) is 1.01. The topological polar surface area (TPSA) is 21.3 Å². The SMILES string of the molecule is Fc1ccc2c(c1)CC(CNC1CC3CCC1C3)O2. The number of rotatable bonds is 3. The van der Waals surface area contributed by atoms with E-state index >= 15 is 0 Å². The molecule has 0 amide bonds. The van der Waals surface area contributed by atoms with Crippen LogP contribution in [0.25, 0.3) is 0 Å². The normalized spacial score (nSPS) is 35.4. The predicted octanol–water partition coefficient (Wildman–Crippen LogP) is 2.91. The highest BCUT2D eigenvalue weighted by Gasteiger charge is 2.39. The maximum Gasteiger partial charge on any atom is 0.123 e. The second-order valence-corrected chi connectivity index (χ2v) is 6.39. The van der Waals surface area contributed by atoms with Crippen LogP contribution in [0.3, 0.4) is 0 Å². The highest BCUT2D eigenvalue weighted by molar-refractivity contribution is 5.37. The summed E-state index contributed by atoms with van der Waals surface area (Å²) in [5.74, 6) is 2.56. The lowest BCUT2D eigenvalue weighted by atomic mass is 9.95. The van der Waals surface area contributed by atoms with E-state index < -0.39 is 0 Å². The van der Waals surface area contributed by atoms with Crippen molar-refractivity contribution in [2.45, 2.75) is 44.2 Å². The molecule has 0 aromatic heterocycles. The Morgan fingerprint density at radius 2 is 2.21 bits per heavy atom. The molecule has 0 spiro atoms. The van der Waals surface area contributed by atoms with Crippen molar-refractivity contribution in [3.8, 4) is 5.75 Å². The van der Waals surface area contributed by atoms with Crippen molar-refractivity contribution in [1.82, 2.24) is 5.32 Å². The summed E-state index contributed by atoms with van der Waals surface area (Å²) >= 11 is 0. The summed E-state index contributed by atoms with van der Waals surface area (Å²) < 4.78 is 19.0. The highest BCUT2D eigenvalue weighted by Crippen LogP contribution is 2.44. The molecular formula is C16H20FNO. The molecule has 1 aromatic rings. The molecule has 4 rings (SSSR count). The number of hydrogen-bond acceptors (Lipinski definition) is 2. The van der Waals surface area contributed by atoms with E-state index in [0.29, 0.717) is 6.04 Å². The van der Waals surface area contributed by atoms with Crippen molar-refractivity contribution in [3.63, 3.8) is 0 Å². The molecular weight excluding hydrogens is 241 g/mol. The van der Waals surface area contributed by atoms with Crippen LogP contribution in [0.1, 0.15) is 31.2 Å². The Kier molecular flexibility index (Phi) is 2.76. The standard InChI is InChI=1S/C16H20FNO/c17-13-3-4-16-12(7-13)8-14(19-16)9-18-15-6-10-1-2-11(15)5-10/h3-4,7,10-11,14-15,18H,1-2,5-6,8-9H2. The van der Waals surface area contributed by atoms with Crippen LogP contribution in [0.5, 0.6) is 5.75 Å². The van der Waals surface area contributed by atoms with Gasteiger partial charge in [0.05, 0.1) is 0 Å². The molecule has 19 heavy (non-hydrogen) atoms. The first-order valence-electron chi connectivity index (χ1n) is 7.46. The summed E-state index contributed by atoms with van der Waals surface area (Å²) in [6.45, 7) is 0.893. The van der Waals surface area contributed by atoms with Gasteiger partial charge in [0.15, 0.2) is 0 Å². The van der Waals surface area contributed by atoms with Crippen molar-refractivity contribution >= 4 is 0 Å². The highest BCUT2D eigenvalue weighted by atomic mass is 19.1. The second-order valence-electron chi connectivity index (χ2n) is 6.39. The van der Waals surface area contributed by atoms with E-state index in [1.54, 1.807) is 12.1 Å². The Morgan fingerprint density at radius 3 is 3.00 bits per heavy atom. The quantitative estimate of drug-likeness (QED) is 0.903. The lowest BCUT2D eigenvalue weighted by molar-refractivity contribution is 0.211. The van der Waals surface area contributed by atoms with Gasteiger partial charge < -0.3 is 10.1 Å². The van der Waals surface area contributed by atoms with E-state index in [9.17, 15) is 4.39 Å². The van der Waals surface area contributed by atoms with Gasteiger partial charge in [-0.2, -0.15) is 0 Å². The molecule has 2 aliphatic carbocycles. The van der Waals surface area contributed by atoms with Crippen molar-refractivity contribution in [3.05, 3.63) is 29.6 Å². The van der Waals surface area contributed by atoms with Crippen molar-refractivity contribution < 1.29 is 9.13 Å². The van der Waals surface area contributed by atoms with Crippen LogP contribution < -0.4 is 10.1 Å². The van der Waals surface area contributed by atoms with Gasteiger partial charge in [-0.05, 0) is 49.3 Å². The zero-order valence-electron chi connectivity index (χ0n) is 11.1. The fourth-order valence-electron chi connectivity index (χ4n) is 4.18. The lowest BCUT2D eigenvalue weighted by Gasteiger charge is -2.24. The molecule has 1 heterocycles. The zero-order valence-corrected chi connectivity index (χ0v) is 11.1. The van der Waals surface area contributed by atoms with E-state index in [-0.39, 0.29) is 11.9 Å². The van der Waals surface area contributed by atoms with E-state index in [2.05, 4.69) is 5.32 Å². The Hall–Kier alpha value is -1.09. The summed E-state index contributed by atoms with van der Waals surface area (Å²) in [5, 5.41) is 3.69. The van der Waals surface area contributed by atoms with Gasteiger partial charge in [-0.1, -0.05) is 6.42 Å². The third-order valence-electron chi connectivity index (χ3n) is 5.11. The fraction of sp³-hybridized carbons (Fsp3) is 0.625. The first-order valence-corrected chi connectivity index (χ1v) is 7.46. The fourth-order valence-corrected chi connectivity index (χ4v) is 4.18. The molecule has 2 fully saturated rings. The summed E-state index contributed by atoms with van der Waals surface area (Å²) in [7, 11) is 0. The molecule has 2 saturated carbocycles. The van der Waals surface area contributed by atoms with Crippen LogP contribution in [-0.2, 0) is 6.42 Å². The lowest BCUT2D eigenvalue weighted by Crippen LogP contribution is -2.40. The van der Waals surface area contributed by atoms with Crippen LogP contribution in [0.15, 0.2) is 18.2 Å². The average molecular weight is 261 g/mol. The Balaban J connectivity index is 1.34. The Morgan fingerprint density at radius 1 is 1.26 bits per heavy atom. The largest absolute Gasteiger partial charge is 0.488 e. The summed E-state index contributed by atoms with van der Waals surface area (Å²) in [4.78, 5) is 0. The summed E-state index contributed by atoms with van der Waals surface area (Å²) in [6, 6.07) is 5.53. The Labute approximate surface area is 113 Å². The smallest absolute Gasteiger partial charge is 0.123 e. The van der Waals surface area contributed by atoms with Gasteiger partial charge in [0.25, 0.3) is 0 Å². The van der Waals surface area contributed by atoms with E-state index in [4.69, 9.17) is 4.74 Å². The molecule has 102 valence electrons. The number of nitrogens with one attached hydrogen (secondary N) is 1. The number of ether oxygens (including phenoxy) is 1. The van der Waals surface area contributed by atoms with Crippen LogP contribution in [0.4, 0.5) is 4.39 Å². The minimum atomic E-state index is -0.163. The predicted molar refractivity (Wildman–Crippen MR) is 71.8 cm³/mol. The average Bonchev–Trinajstić information content (AvgIpc) is 3.09. The van der Waals surface area contributed by atoms with Gasteiger partial charge in [0.2, 0.25) is 0 Å². The van der Waals surface area contributed by atoms with Gasteiger partial charge in [-0.25, -0.2) is 4.39 Å². The molecule has 0 saturated heterocycles. The maximum absolute atomic E-state index is 13.2. The summed E-state index contributed by atoms with van der Waals surface area (Å²) in [6.07, 6.45) is 6.62. The second kappa shape index (κ2) is 4.48. The van der Waals surface area contributed by atoms with Crippen LogP contribution in [-0.4, -0.2) is 18.7 Å². The number of halogens is 1. The third kappa shape index (κ3) is 2.14. The van der Waals surface area contributed by atoms with Crippen molar-refractivity contribution in [2.24, 2.45) is 11.8 Å². The maximum atomic E-state index is 13.2. The van der Waals surface area contributed by atoms with Crippen LogP contribution in [0, 0.1) is 17.7 Å². The zero-order chi connectivity index (χ0) is 12.8.